The molecule has 2 aliphatic rings. The number of hydroxylamine groups is 1. The summed E-state index contributed by atoms with van der Waals surface area (Å²) in [6.07, 6.45) is 3.82. The molecule has 20 heavy (non-hydrogen) atoms. The molecule has 2 amide bonds. The average molecular weight is 274 g/mol. The Morgan fingerprint density at radius 2 is 2.10 bits per heavy atom. The Morgan fingerprint density at radius 3 is 2.80 bits per heavy atom. The summed E-state index contributed by atoms with van der Waals surface area (Å²) in [6, 6.07) is 5.35. The van der Waals surface area contributed by atoms with Crippen molar-refractivity contribution < 1.29 is 14.8 Å². The van der Waals surface area contributed by atoms with Crippen molar-refractivity contribution in [3.05, 3.63) is 34.9 Å². The third kappa shape index (κ3) is 2.67. The molecule has 1 saturated carbocycles. The summed E-state index contributed by atoms with van der Waals surface area (Å²) < 4.78 is 0. The Labute approximate surface area is 117 Å². The highest BCUT2D eigenvalue weighted by atomic mass is 16.5. The Kier molecular flexibility index (Phi) is 3.44. The lowest BCUT2D eigenvalue weighted by molar-refractivity contribution is -0.132. The van der Waals surface area contributed by atoms with Crippen LogP contribution in [-0.4, -0.2) is 28.5 Å². The van der Waals surface area contributed by atoms with Gasteiger partial charge >= 0.3 is 0 Å². The van der Waals surface area contributed by atoms with Crippen molar-refractivity contribution in [1.82, 2.24) is 10.4 Å². The molecule has 1 heterocycles. The van der Waals surface area contributed by atoms with Crippen molar-refractivity contribution in [2.75, 3.05) is 6.54 Å². The monoisotopic (exact) mass is 274 g/mol. The number of fused-ring (bicyclic) bond motifs is 1. The van der Waals surface area contributed by atoms with Crippen LogP contribution in [-0.2, 0) is 17.8 Å². The van der Waals surface area contributed by atoms with Gasteiger partial charge in [0.1, 0.15) is 0 Å². The Hall–Kier alpha value is -1.88. The lowest BCUT2D eigenvalue weighted by Gasteiger charge is -2.29. The van der Waals surface area contributed by atoms with Gasteiger partial charge in [-0.25, -0.2) is 5.48 Å². The molecule has 0 saturated heterocycles. The molecule has 5 heteroatoms. The topological polar surface area (TPSA) is 69.6 Å². The molecule has 3 rings (SSSR count). The van der Waals surface area contributed by atoms with Gasteiger partial charge in [0, 0.05) is 25.1 Å². The van der Waals surface area contributed by atoms with E-state index in [2.05, 4.69) is 0 Å². The molecule has 0 spiro atoms. The van der Waals surface area contributed by atoms with E-state index in [-0.39, 0.29) is 5.91 Å². The fourth-order valence-corrected chi connectivity index (χ4v) is 2.67. The third-order valence-electron chi connectivity index (χ3n) is 4.10. The lowest BCUT2D eigenvalue weighted by Crippen LogP contribution is -2.36. The van der Waals surface area contributed by atoms with Crippen molar-refractivity contribution >= 4 is 11.8 Å². The van der Waals surface area contributed by atoms with Gasteiger partial charge in [0.05, 0.1) is 0 Å². The minimum absolute atomic E-state index is 0.246. The highest BCUT2D eigenvalue weighted by molar-refractivity contribution is 5.93. The van der Waals surface area contributed by atoms with Crippen LogP contribution in [0.3, 0.4) is 0 Å². The van der Waals surface area contributed by atoms with Crippen LogP contribution in [0.2, 0.25) is 0 Å². The number of amides is 2. The first kappa shape index (κ1) is 13.1. The molecule has 1 aromatic carbocycles. The maximum atomic E-state index is 12.1. The number of hydrogen-bond acceptors (Lipinski definition) is 3. The van der Waals surface area contributed by atoms with Gasteiger partial charge in [-0.05, 0) is 48.4 Å². The van der Waals surface area contributed by atoms with Gasteiger partial charge in [-0.2, -0.15) is 0 Å². The van der Waals surface area contributed by atoms with Crippen LogP contribution in [0, 0.1) is 5.92 Å². The zero-order valence-corrected chi connectivity index (χ0v) is 11.3. The van der Waals surface area contributed by atoms with Gasteiger partial charge in [-0.3, -0.25) is 14.8 Å². The molecular weight excluding hydrogens is 256 g/mol. The summed E-state index contributed by atoms with van der Waals surface area (Å²) in [5.74, 6) is 0.356. The highest BCUT2D eigenvalue weighted by Gasteiger charge is 2.28. The molecule has 0 bridgehead atoms. The van der Waals surface area contributed by atoms with Crippen molar-refractivity contribution in [3.63, 3.8) is 0 Å². The van der Waals surface area contributed by atoms with Crippen molar-refractivity contribution in [2.45, 2.75) is 32.2 Å². The van der Waals surface area contributed by atoms with E-state index in [9.17, 15) is 9.59 Å². The van der Waals surface area contributed by atoms with E-state index >= 15 is 0 Å². The number of nitrogens with one attached hydrogen (secondary N) is 1. The molecule has 0 aromatic heterocycles. The van der Waals surface area contributed by atoms with E-state index in [1.54, 1.807) is 17.6 Å². The van der Waals surface area contributed by atoms with E-state index in [1.165, 1.54) is 12.8 Å². The minimum Gasteiger partial charge on any atom is -0.338 e. The molecule has 0 radical (unpaired) electrons. The summed E-state index contributed by atoms with van der Waals surface area (Å²) in [7, 11) is 0. The quantitative estimate of drug-likeness (QED) is 0.648. The molecule has 106 valence electrons. The first-order valence-electron chi connectivity index (χ1n) is 7.01. The first-order chi connectivity index (χ1) is 9.67. The Balaban J connectivity index is 1.71. The number of hydrogen-bond donors (Lipinski definition) is 2. The molecule has 1 fully saturated rings. The largest absolute Gasteiger partial charge is 0.338 e. The maximum absolute atomic E-state index is 12.1. The van der Waals surface area contributed by atoms with Crippen LogP contribution in [0.25, 0.3) is 0 Å². The van der Waals surface area contributed by atoms with E-state index in [0.29, 0.717) is 31.0 Å². The van der Waals surface area contributed by atoms with E-state index < -0.39 is 5.91 Å². The normalized spacial score (nSPS) is 17.6. The SMILES string of the molecule is O=C(NO)c1ccc2c(c1)CCN(C(=O)CC1CC1)C2. The fourth-order valence-electron chi connectivity index (χ4n) is 2.67. The number of benzene rings is 1. The number of rotatable bonds is 3. The standard InChI is InChI=1S/C15H18N2O3/c18-14(7-10-1-2-10)17-6-5-11-8-12(15(19)16-20)3-4-13(11)9-17/h3-4,8,10,20H,1-2,5-7,9H2,(H,16,19). The molecule has 1 aromatic rings. The fraction of sp³-hybridized carbons (Fsp3) is 0.467. The smallest absolute Gasteiger partial charge is 0.274 e. The van der Waals surface area contributed by atoms with Gasteiger partial charge in [-0.15, -0.1) is 0 Å². The second-order valence-corrected chi connectivity index (χ2v) is 5.64. The second kappa shape index (κ2) is 5.25. The van der Waals surface area contributed by atoms with Crippen LogP contribution >= 0.6 is 0 Å². The van der Waals surface area contributed by atoms with Gasteiger partial charge < -0.3 is 4.90 Å². The van der Waals surface area contributed by atoms with Crippen molar-refractivity contribution in [3.8, 4) is 0 Å². The molecule has 1 aliphatic heterocycles. The van der Waals surface area contributed by atoms with E-state index in [4.69, 9.17) is 5.21 Å². The highest BCUT2D eigenvalue weighted by Crippen LogP contribution is 2.33. The summed E-state index contributed by atoms with van der Waals surface area (Å²) in [4.78, 5) is 25.4. The Bertz CT molecular complexity index is 552. The number of nitrogens with zero attached hydrogens (tertiary/aromatic N) is 1. The summed E-state index contributed by atoms with van der Waals surface area (Å²) >= 11 is 0. The van der Waals surface area contributed by atoms with Crippen LogP contribution in [0.15, 0.2) is 18.2 Å². The summed E-state index contributed by atoms with van der Waals surface area (Å²) in [5, 5.41) is 8.64. The van der Waals surface area contributed by atoms with Gasteiger partial charge in [0.2, 0.25) is 5.91 Å². The number of carbonyl (C=O) groups is 2. The van der Waals surface area contributed by atoms with E-state index in [1.807, 2.05) is 11.0 Å². The van der Waals surface area contributed by atoms with Crippen LogP contribution < -0.4 is 5.48 Å². The predicted molar refractivity (Wildman–Crippen MR) is 72.2 cm³/mol. The molecule has 5 nitrogen and oxygen atoms in total. The summed E-state index contributed by atoms with van der Waals surface area (Å²) in [6.45, 7) is 1.34. The predicted octanol–water partition coefficient (Wildman–Crippen LogP) is 1.49. The van der Waals surface area contributed by atoms with Crippen molar-refractivity contribution in [1.29, 1.82) is 0 Å². The van der Waals surface area contributed by atoms with Crippen LogP contribution in [0.4, 0.5) is 0 Å². The Morgan fingerprint density at radius 1 is 1.30 bits per heavy atom. The lowest BCUT2D eigenvalue weighted by atomic mass is 9.96. The maximum Gasteiger partial charge on any atom is 0.274 e. The summed E-state index contributed by atoms with van der Waals surface area (Å²) in [5.41, 5.74) is 4.27. The van der Waals surface area contributed by atoms with Gasteiger partial charge in [0.15, 0.2) is 0 Å². The molecular formula is C15H18N2O3. The molecule has 0 unspecified atom stereocenters. The minimum atomic E-state index is -0.500. The zero-order valence-electron chi connectivity index (χ0n) is 11.3. The van der Waals surface area contributed by atoms with Crippen LogP contribution in [0.1, 0.15) is 40.7 Å². The van der Waals surface area contributed by atoms with Gasteiger partial charge in [-0.1, -0.05) is 6.07 Å². The molecule has 2 N–H and O–H groups in total. The average Bonchev–Trinajstić information content (AvgIpc) is 3.29. The second-order valence-electron chi connectivity index (χ2n) is 5.64. The van der Waals surface area contributed by atoms with E-state index in [0.717, 1.165) is 17.5 Å². The molecule has 1 aliphatic carbocycles. The van der Waals surface area contributed by atoms with Crippen molar-refractivity contribution in [2.24, 2.45) is 5.92 Å². The van der Waals surface area contributed by atoms with Gasteiger partial charge in [0.25, 0.3) is 5.91 Å². The van der Waals surface area contributed by atoms with Crippen LogP contribution in [0.5, 0.6) is 0 Å². The zero-order chi connectivity index (χ0) is 14.1. The number of carbonyl (C=O) groups excluding carboxylic acids is 2. The first-order valence-corrected chi connectivity index (χ1v) is 7.01. The third-order valence-corrected chi connectivity index (χ3v) is 4.10. The molecule has 0 atom stereocenters.